The number of hydrogen-bond acceptors (Lipinski definition) is 0. The van der Waals surface area contributed by atoms with Gasteiger partial charge in [-0.2, -0.15) is 0 Å². The van der Waals surface area contributed by atoms with Crippen molar-refractivity contribution in [3.8, 4) is 0 Å². The van der Waals surface area contributed by atoms with Gasteiger partial charge in [0.2, 0.25) is 0 Å². The molecule has 0 N–H and O–H groups in total. The average Bonchev–Trinajstić information content (AvgIpc) is 2.34. The molecule has 1 atom stereocenters. The first-order chi connectivity index (χ1) is 4.88. The van der Waals surface area contributed by atoms with Crippen molar-refractivity contribution >= 4 is 6.08 Å². The predicted octanol–water partition coefficient (Wildman–Crippen LogP) is -3.69. The fourth-order valence-corrected chi connectivity index (χ4v) is 1.81. The molecule has 1 aliphatic rings. The van der Waals surface area contributed by atoms with Crippen molar-refractivity contribution in [2.24, 2.45) is 0 Å². The van der Waals surface area contributed by atoms with Crippen molar-refractivity contribution in [2.75, 3.05) is 0 Å². The third kappa shape index (κ3) is 2.14. The molecule has 1 aromatic rings. The number of hydrogen-bond donors (Lipinski definition) is 0. The number of fused-ring (bicyclic) bond motifs is 1. The Morgan fingerprint density at radius 1 is 1.08 bits per heavy atom. The van der Waals surface area contributed by atoms with Gasteiger partial charge in [-0.1, -0.05) is 0 Å². The molecule has 0 saturated carbocycles. The van der Waals surface area contributed by atoms with E-state index in [4.69, 9.17) is 0 Å². The van der Waals surface area contributed by atoms with Crippen LogP contribution in [0.15, 0.2) is 30.3 Å². The maximum absolute atomic E-state index is 2.24. The molecule has 12 heavy (non-hydrogen) atoms. The van der Waals surface area contributed by atoms with Crippen LogP contribution in [0.3, 0.4) is 0 Å². The van der Waals surface area contributed by atoms with Crippen LogP contribution in [0.25, 0.3) is 6.08 Å². The second-order valence-corrected chi connectivity index (χ2v) is 3.44. The van der Waals surface area contributed by atoms with E-state index in [0.717, 1.165) is 0 Å². The topological polar surface area (TPSA) is 0 Å². The Morgan fingerprint density at radius 2 is 1.75 bits per heavy atom. The Labute approximate surface area is 96.7 Å². The first kappa shape index (κ1) is 12.3. The summed E-state index contributed by atoms with van der Waals surface area (Å²) in [6.07, 6.45) is 4.44. The fourth-order valence-electron chi connectivity index (χ4n) is 1.25. The van der Waals surface area contributed by atoms with Crippen LogP contribution in [0, 0.1) is 0 Å². The maximum atomic E-state index is 2.24. The van der Waals surface area contributed by atoms with Crippen LogP contribution in [-0.4, -0.2) is 0 Å². The molecule has 0 bridgehead atoms. The molecule has 0 aromatic heterocycles. The summed E-state index contributed by atoms with van der Waals surface area (Å²) in [6.45, 7) is 0. The normalized spacial score (nSPS) is 17.7. The van der Waals surface area contributed by atoms with E-state index in [0.29, 0.717) is 4.22 Å². The summed E-state index contributed by atoms with van der Waals surface area (Å²) in [4.78, 5) is 0. The van der Waals surface area contributed by atoms with Gasteiger partial charge in [0.25, 0.3) is 0 Å². The number of rotatable bonds is 0. The van der Waals surface area contributed by atoms with Crippen LogP contribution in [0.4, 0.5) is 0 Å². The number of halogens is 2. The van der Waals surface area contributed by atoms with Crippen molar-refractivity contribution in [1.82, 2.24) is 0 Å². The number of allylic oxidation sites excluding steroid dienone is 1. The molecule has 1 unspecified atom stereocenters. The summed E-state index contributed by atoms with van der Waals surface area (Å²) in [5.74, 6) is 0. The molecular weight excluding hydrogens is 227 g/mol. The number of benzene rings is 1. The van der Waals surface area contributed by atoms with E-state index in [1.807, 2.05) is 0 Å². The van der Waals surface area contributed by atoms with E-state index in [1.165, 1.54) is 11.1 Å². The van der Waals surface area contributed by atoms with Crippen LogP contribution >= 0.6 is 0 Å². The van der Waals surface area contributed by atoms with Crippen molar-refractivity contribution in [3.05, 3.63) is 41.5 Å². The molecule has 0 heterocycles. The van der Waals surface area contributed by atoms with E-state index in [-0.39, 0.29) is 24.8 Å². The Bertz CT molecular complexity index is 284. The zero-order valence-electron chi connectivity index (χ0n) is 6.30. The molecule has 0 amide bonds. The molecule has 3 heteroatoms. The molecule has 0 nitrogen and oxygen atoms in total. The van der Waals surface area contributed by atoms with Crippen molar-refractivity contribution in [2.45, 2.75) is 4.22 Å². The Hall–Kier alpha value is 0.254. The van der Waals surface area contributed by atoms with Crippen LogP contribution in [0.1, 0.15) is 15.3 Å². The standard InChI is InChI=1S/C9H7.2ClH.Ti/c1-2-5-9-7-3-6-8(9)4-1;;;/h1-7H;2*1H;/q;;;+2/p-2. The Kier molecular flexibility index (Phi) is 5.19. The SMILES string of the molecule is [Cl-].[Cl-].[Ti+2][CH]1C=Cc2ccccc21. The molecule has 1 aromatic carbocycles. The molecular formula is C9H7Cl2Ti. The molecule has 0 aliphatic heterocycles. The quantitative estimate of drug-likeness (QED) is 0.405. The molecule has 0 fully saturated rings. The van der Waals surface area contributed by atoms with E-state index in [9.17, 15) is 0 Å². The van der Waals surface area contributed by atoms with Gasteiger partial charge in [0.15, 0.2) is 0 Å². The van der Waals surface area contributed by atoms with Crippen LogP contribution in [-0.2, 0) is 20.4 Å². The van der Waals surface area contributed by atoms with Gasteiger partial charge in [-0.05, 0) is 0 Å². The molecule has 1 aliphatic carbocycles. The zero-order chi connectivity index (χ0) is 6.97. The first-order valence-electron chi connectivity index (χ1n) is 3.36. The average molecular weight is 234 g/mol. The van der Waals surface area contributed by atoms with E-state index in [1.54, 1.807) is 0 Å². The summed E-state index contributed by atoms with van der Waals surface area (Å²) in [7, 11) is 0. The van der Waals surface area contributed by atoms with Gasteiger partial charge in [-0.3, -0.25) is 0 Å². The van der Waals surface area contributed by atoms with Crippen LogP contribution in [0.2, 0.25) is 0 Å². The molecule has 61 valence electrons. The third-order valence-corrected chi connectivity index (χ3v) is 2.59. The fraction of sp³-hybridized carbons (Fsp3) is 0.111. The summed E-state index contributed by atoms with van der Waals surface area (Å²) < 4.78 is 0.621. The summed E-state index contributed by atoms with van der Waals surface area (Å²) in [5, 5.41) is 0. The Balaban J connectivity index is 0.000000605. The molecule has 0 spiro atoms. The molecule has 2 rings (SSSR count). The van der Waals surface area contributed by atoms with Gasteiger partial charge in [-0.25, -0.2) is 0 Å². The van der Waals surface area contributed by atoms with Crippen LogP contribution < -0.4 is 24.8 Å². The molecule has 0 radical (unpaired) electrons. The third-order valence-electron chi connectivity index (χ3n) is 1.80. The van der Waals surface area contributed by atoms with E-state index >= 15 is 0 Å². The van der Waals surface area contributed by atoms with Gasteiger partial charge in [-0.15, -0.1) is 0 Å². The van der Waals surface area contributed by atoms with Gasteiger partial charge < -0.3 is 24.8 Å². The van der Waals surface area contributed by atoms with Crippen LogP contribution in [0.5, 0.6) is 0 Å². The summed E-state index contributed by atoms with van der Waals surface area (Å²) in [5.41, 5.74) is 2.84. The zero-order valence-corrected chi connectivity index (χ0v) is 9.37. The second-order valence-electron chi connectivity index (χ2n) is 2.47. The summed E-state index contributed by atoms with van der Waals surface area (Å²) >= 11 is 2.22. The van der Waals surface area contributed by atoms with Crippen molar-refractivity contribution in [1.29, 1.82) is 0 Å². The van der Waals surface area contributed by atoms with Crippen molar-refractivity contribution in [3.63, 3.8) is 0 Å². The van der Waals surface area contributed by atoms with Gasteiger partial charge in [0.05, 0.1) is 0 Å². The minimum atomic E-state index is 0. The van der Waals surface area contributed by atoms with Crippen molar-refractivity contribution < 1.29 is 45.2 Å². The van der Waals surface area contributed by atoms with Gasteiger partial charge >= 0.3 is 72.2 Å². The van der Waals surface area contributed by atoms with E-state index < -0.39 is 0 Å². The second kappa shape index (κ2) is 5.09. The summed E-state index contributed by atoms with van der Waals surface area (Å²) in [6, 6.07) is 8.54. The minimum absolute atomic E-state index is 0. The van der Waals surface area contributed by atoms with Gasteiger partial charge in [0.1, 0.15) is 0 Å². The monoisotopic (exact) mass is 233 g/mol. The first-order valence-corrected chi connectivity index (χ1v) is 4.26. The van der Waals surface area contributed by atoms with E-state index in [2.05, 4.69) is 56.9 Å². The van der Waals surface area contributed by atoms with Gasteiger partial charge in [0, 0.05) is 0 Å². The Morgan fingerprint density at radius 3 is 2.42 bits per heavy atom. The predicted molar refractivity (Wildman–Crippen MR) is 38.2 cm³/mol. The molecule has 0 saturated heterocycles.